The molecule has 0 atom stereocenters. The zero-order valence-corrected chi connectivity index (χ0v) is 5.87. The van der Waals surface area contributed by atoms with Crippen LogP contribution in [0.15, 0.2) is 12.1 Å². The Hall–Kier alpha value is -1.62. The standard InChI is InChI=1S/C6H10N4O/c7-3-1-5(9)6(11-10)2-4(3)8/h1-2H,7-10H2. The molecule has 1 aromatic carbocycles. The number of hydrogen-bond acceptors (Lipinski definition) is 5. The minimum Gasteiger partial charge on any atom is -0.409 e. The molecule has 60 valence electrons. The molecule has 0 spiro atoms. The van der Waals surface area contributed by atoms with Crippen molar-refractivity contribution < 1.29 is 4.84 Å². The van der Waals surface area contributed by atoms with Gasteiger partial charge in [0.25, 0.3) is 0 Å². The molecule has 5 nitrogen and oxygen atoms in total. The number of nitrogens with two attached hydrogens (primary N) is 4. The molecule has 0 heterocycles. The molecule has 1 aromatic rings. The summed E-state index contributed by atoms with van der Waals surface area (Å²) in [5.74, 6) is 5.22. The molecule has 0 saturated carbocycles. The molecule has 8 N–H and O–H groups in total. The van der Waals surface area contributed by atoms with Gasteiger partial charge in [0.1, 0.15) is 0 Å². The van der Waals surface area contributed by atoms with Crippen LogP contribution < -0.4 is 27.9 Å². The molecule has 0 fully saturated rings. The van der Waals surface area contributed by atoms with Crippen molar-refractivity contribution in [3.8, 4) is 5.75 Å². The number of anilines is 3. The second-order valence-corrected chi connectivity index (χ2v) is 2.14. The number of benzene rings is 1. The van der Waals surface area contributed by atoms with Crippen molar-refractivity contribution in [1.29, 1.82) is 0 Å². The Morgan fingerprint density at radius 2 is 1.45 bits per heavy atom. The van der Waals surface area contributed by atoms with Gasteiger partial charge >= 0.3 is 0 Å². The maximum Gasteiger partial charge on any atom is 0.171 e. The van der Waals surface area contributed by atoms with Crippen LogP contribution in [0.3, 0.4) is 0 Å². The fraction of sp³-hybridized carbons (Fsp3) is 0. The molecule has 0 aromatic heterocycles. The second kappa shape index (κ2) is 2.55. The Labute approximate surface area is 63.9 Å². The zero-order valence-electron chi connectivity index (χ0n) is 5.87. The van der Waals surface area contributed by atoms with E-state index in [0.717, 1.165) is 0 Å². The maximum atomic E-state index is 5.46. The van der Waals surface area contributed by atoms with Gasteiger partial charge in [-0.05, 0) is 6.07 Å². The summed E-state index contributed by atoms with van der Waals surface area (Å²) in [5, 5.41) is 0. The summed E-state index contributed by atoms with van der Waals surface area (Å²) in [4.78, 5) is 4.42. The van der Waals surface area contributed by atoms with E-state index in [9.17, 15) is 0 Å². The highest BCUT2D eigenvalue weighted by molar-refractivity contribution is 5.73. The van der Waals surface area contributed by atoms with Gasteiger partial charge in [-0.1, -0.05) is 0 Å². The highest BCUT2D eigenvalue weighted by Crippen LogP contribution is 2.27. The maximum absolute atomic E-state index is 5.46. The van der Waals surface area contributed by atoms with Crippen LogP contribution in [-0.4, -0.2) is 0 Å². The molecule has 0 bridgehead atoms. The largest absolute Gasteiger partial charge is 0.409 e. The van der Waals surface area contributed by atoms with Crippen LogP contribution in [0.25, 0.3) is 0 Å². The first kappa shape index (κ1) is 7.49. The smallest absolute Gasteiger partial charge is 0.171 e. The quantitative estimate of drug-likeness (QED) is 0.327. The summed E-state index contributed by atoms with van der Waals surface area (Å²) in [7, 11) is 0. The van der Waals surface area contributed by atoms with Crippen LogP contribution in [0.5, 0.6) is 5.75 Å². The van der Waals surface area contributed by atoms with Crippen LogP contribution in [0.4, 0.5) is 17.1 Å². The van der Waals surface area contributed by atoms with E-state index in [0.29, 0.717) is 22.8 Å². The lowest BCUT2D eigenvalue weighted by Crippen LogP contribution is -2.06. The molecule has 0 radical (unpaired) electrons. The molecular weight excluding hydrogens is 144 g/mol. The van der Waals surface area contributed by atoms with Crippen molar-refractivity contribution in [2.75, 3.05) is 17.2 Å². The Bertz CT molecular complexity index is 274. The first-order valence-corrected chi connectivity index (χ1v) is 2.96. The Kier molecular flexibility index (Phi) is 1.74. The van der Waals surface area contributed by atoms with Gasteiger partial charge in [-0.3, -0.25) is 0 Å². The van der Waals surface area contributed by atoms with Crippen molar-refractivity contribution in [3.63, 3.8) is 0 Å². The van der Waals surface area contributed by atoms with Crippen molar-refractivity contribution >= 4 is 17.1 Å². The van der Waals surface area contributed by atoms with Gasteiger partial charge in [0.2, 0.25) is 0 Å². The summed E-state index contributed by atoms with van der Waals surface area (Å²) in [5.41, 5.74) is 17.5. The van der Waals surface area contributed by atoms with E-state index in [4.69, 9.17) is 23.1 Å². The molecule has 0 aliphatic heterocycles. The lowest BCUT2D eigenvalue weighted by Gasteiger charge is -2.05. The Morgan fingerprint density at radius 1 is 0.909 bits per heavy atom. The Morgan fingerprint density at radius 3 is 2.00 bits per heavy atom. The topological polar surface area (TPSA) is 113 Å². The summed E-state index contributed by atoms with van der Waals surface area (Å²) in [6, 6.07) is 2.97. The second-order valence-electron chi connectivity index (χ2n) is 2.14. The predicted molar refractivity (Wildman–Crippen MR) is 44.5 cm³/mol. The minimum atomic E-state index is 0.330. The van der Waals surface area contributed by atoms with Crippen LogP contribution in [0.2, 0.25) is 0 Å². The van der Waals surface area contributed by atoms with Crippen LogP contribution in [0, 0.1) is 0 Å². The van der Waals surface area contributed by atoms with Crippen molar-refractivity contribution in [2.24, 2.45) is 5.90 Å². The Balaban J connectivity index is 3.21. The summed E-state index contributed by atoms with van der Waals surface area (Å²) >= 11 is 0. The van der Waals surface area contributed by atoms with Gasteiger partial charge < -0.3 is 22.0 Å². The minimum absolute atomic E-state index is 0.330. The normalized spacial score (nSPS) is 9.55. The lowest BCUT2D eigenvalue weighted by atomic mass is 10.2. The fourth-order valence-electron chi connectivity index (χ4n) is 0.732. The van der Waals surface area contributed by atoms with E-state index in [2.05, 4.69) is 4.84 Å². The molecule has 5 heteroatoms. The summed E-state index contributed by atoms with van der Waals surface area (Å²) in [6.07, 6.45) is 0. The van der Waals surface area contributed by atoms with Gasteiger partial charge in [0.05, 0.1) is 17.1 Å². The third-order valence-corrected chi connectivity index (χ3v) is 1.34. The van der Waals surface area contributed by atoms with E-state index < -0.39 is 0 Å². The van der Waals surface area contributed by atoms with Gasteiger partial charge in [-0.2, -0.15) is 5.90 Å². The van der Waals surface area contributed by atoms with E-state index in [1.54, 1.807) is 0 Å². The van der Waals surface area contributed by atoms with Crippen LogP contribution in [0.1, 0.15) is 0 Å². The predicted octanol–water partition coefficient (Wildman–Crippen LogP) is -0.314. The summed E-state index contributed by atoms with van der Waals surface area (Å²) in [6.45, 7) is 0. The number of rotatable bonds is 1. The lowest BCUT2D eigenvalue weighted by molar-refractivity contribution is 0.336. The molecule has 0 amide bonds. The first-order valence-electron chi connectivity index (χ1n) is 2.96. The molecule has 0 unspecified atom stereocenters. The van der Waals surface area contributed by atoms with Gasteiger partial charge in [0, 0.05) is 6.07 Å². The highest BCUT2D eigenvalue weighted by Gasteiger charge is 2.02. The van der Waals surface area contributed by atoms with Gasteiger partial charge in [0.15, 0.2) is 5.75 Å². The summed E-state index contributed by atoms with van der Waals surface area (Å²) < 4.78 is 0. The van der Waals surface area contributed by atoms with Crippen LogP contribution >= 0.6 is 0 Å². The van der Waals surface area contributed by atoms with Gasteiger partial charge in [-0.25, -0.2) is 0 Å². The third-order valence-electron chi connectivity index (χ3n) is 1.34. The monoisotopic (exact) mass is 154 g/mol. The van der Waals surface area contributed by atoms with E-state index in [1.165, 1.54) is 12.1 Å². The van der Waals surface area contributed by atoms with Crippen LogP contribution in [-0.2, 0) is 0 Å². The van der Waals surface area contributed by atoms with Gasteiger partial charge in [-0.15, -0.1) is 0 Å². The molecular formula is C6H10N4O. The molecule has 11 heavy (non-hydrogen) atoms. The molecule has 0 aliphatic carbocycles. The average Bonchev–Trinajstić information content (AvgIpc) is 1.97. The fourth-order valence-corrected chi connectivity index (χ4v) is 0.732. The molecule has 0 saturated heterocycles. The first-order chi connectivity index (χ1) is 5.15. The number of hydrogen-bond donors (Lipinski definition) is 4. The van der Waals surface area contributed by atoms with E-state index in [1.807, 2.05) is 0 Å². The molecule has 0 aliphatic rings. The van der Waals surface area contributed by atoms with Crippen molar-refractivity contribution in [2.45, 2.75) is 0 Å². The average molecular weight is 154 g/mol. The SMILES string of the molecule is NOc1cc(N)c(N)cc1N. The van der Waals surface area contributed by atoms with E-state index >= 15 is 0 Å². The van der Waals surface area contributed by atoms with Crippen molar-refractivity contribution in [3.05, 3.63) is 12.1 Å². The van der Waals surface area contributed by atoms with Crippen molar-refractivity contribution in [1.82, 2.24) is 0 Å². The number of nitrogen functional groups attached to an aromatic ring is 3. The molecule has 1 rings (SSSR count). The third kappa shape index (κ3) is 1.27. The highest BCUT2D eigenvalue weighted by atomic mass is 16.6. The zero-order chi connectivity index (χ0) is 8.43. The van der Waals surface area contributed by atoms with E-state index in [-0.39, 0.29) is 0 Å².